The van der Waals surface area contributed by atoms with Gasteiger partial charge in [-0.15, -0.1) is 0 Å². The Hall–Kier alpha value is -0.790. The molecule has 1 fully saturated rings. The van der Waals surface area contributed by atoms with E-state index in [2.05, 4.69) is 21.2 Å². The van der Waals surface area contributed by atoms with Gasteiger partial charge < -0.3 is 15.2 Å². The summed E-state index contributed by atoms with van der Waals surface area (Å²) < 4.78 is 44.4. The molecule has 0 aromatic heterocycles. The van der Waals surface area contributed by atoms with Crippen molar-refractivity contribution in [3.8, 4) is 0 Å². The highest BCUT2D eigenvalue weighted by molar-refractivity contribution is 9.10. The fourth-order valence-electron chi connectivity index (χ4n) is 1.85. The molecule has 2 N–H and O–H groups in total. The molecule has 0 radical (unpaired) electrons. The highest BCUT2D eigenvalue weighted by atomic mass is 79.9. The van der Waals surface area contributed by atoms with E-state index in [1.165, 1.54) is 12.1 Å². The molecule has 1 aliphatic rings. The number of benzene rings is 1. The van der Waals surface area contributed by atoms with E-state index >= 15 is 0 Å². The minimum atomic E-state index is -4.44. The summed E-state index contributed by atoms with van der Waals surface area (Å²) in [6, 6.07) is 3.87. The second kappa shape index (κ2) is 6.98. The van der Waals surface area contributed by atoms with E-state index in [1.807, 2.05) is 0 Å². The molecule has 0 bridgehead atoms. The maximum Gasteiger partial charge on any atom is 0.418 e. The number of halogens is 4. The molecule has 118 valence electrons. The summed E-state index contributed by atoms with van der Waals surface area (Å²) >= 11 is 3.03. The molecule has 0 spiro atoms. The maximum atomic E-state index is 12.9. The molecule has 7 heteroatoms. The van der Waals surface area contributed by atoms with Gasteiger partial charge in [0.1, 0.15) is 0 Å². The third-order valence-corrected chi connectivity index (χ3v) is 3.67. The lowest BCUT2D eigenvalue weighted by Crippen LogP contribution is -2.26. The number of hydrogen-bond donors (Lipinski definition) is 2. The van der Waals surface area contributed by atoms with Crippen LogP contribution in [0.2, 0.25) is 0 Å². The van der Waals surface area contributed by atoms with Crippen LogP contribution in [0.15, 0.2) is 22.7 Å². The van der Waals surface area contributed by atoms with Crippen LogP contribution in [0.3, 0.4) is 0 Å². The van der Waals surface area contributed by atoms with Crippen molar-refractivity contribution < 1.29 is 23.0 Å². The SMILES string of the molecule is OC(CNc1ccc(Br)cc1C(F)(F)F)COCC1CC1. The van der Waals surface area contributed by atoms with Gasteiger partial charge in [0.25, 0.3) is 0 Å². The molecule has 0 amide bonds. The largest absolute Gasteiger partial charge is 0.418 e. The molecule has 1 unspecified atom stereocenters. The molecule has 1 saturated carbocycles. The number of hydrogen-bond acceptors (Lipinski definition) is 3. The van der Waals surface area contributed by atoms with E-state index in [0.717, 1.165) is 18.9 Å². The average Bonchev–Trinajstić information content (AvgIpc) is 3.20. The Kier molecular flexibility index (Phi) is 5.51. The molecular formula is C14H17BrF3NO2. The van der Waals surface area contributed by atoms with Crippen molar-refractivity contribution in [3.63, 3.8) is 0 Å². The smallest absolute Gasteiger partial charge is 0.389 e. The van der Waals surface area contributed by atoms with Gasteiger partial charge in [-0.3, -0.25) is 0 Å². The maximum absolute atomic E-state index is 12.9. The Balaban J connectivity index is 1.86. The number of aliphatic hydroxyl groups excluding tert-OH is 1. The van der Waals surface area contributed by atoms with Gasteiger partial charge in [-0.05, 0) is 37.0 Å². The molecule has 0 heterocycles. The topological polar surface area (TPSA) is 41.5 Å². The van der Waals surface area contributed by atoms with Gasteiger partial charge >= 0.3 is 6.18 Å². The zero-order valence-electron chi connectivity index (χ0n) is 11.3. The molecule has 3 nitrogen and oxygen atoms in total. The predicted molar refractivity (Wildman–Crippen MR) is 77.2 cm³/mol. The van der Waals surface area contributed by atoms with Crippen LogP contribution < -0.4 is 5.32 Å². The summed E-state index contributed by atoms with van der Waals surface area (Å²) in [7, 11) is 0. The molecule has 1 aromatic carbocycles. The van der Waals surface area contributed by atoms with Crippen molar-refractivity contribution in [1.29, 1.82) is 0 Å². The Bertz CT molecular complexity index is 478. The van der Waals surface area contributed by atoms with Gasteiger partial charge in [-0.25, -0.2) is 0 Å². The minimum Gasteiger partial charge on any atom is -0.389 e. The monoisotopic (exact) mass is 367 g/mol. The zero-order chi connectivity index (χ0) is 15.5. The van der Waals surface area contributed by atoms with Crippen molar-refractivity contribution >= 4 is 21.6 Å². The lowest BCUT2D eigenvalue weighted by atomic mass is 10.1. The van der Waals surface area contributed by atoms with Crippen LogP contribution in [0.25, 0.3) is 0 Å². The summed E-state index contributed by atoms with van der Waals surface area (Å²) in [4.78, 5) is 0. The molecule has 1 aromatic rings. The third-order valence-electron chi connectivity index (χ3n) is 3.18. The fraction of sp³-hybridized carbons (Fsp3) is 0.571. The lowest BCUT2D eigenvalue weighted by molar-refractivity contribution is -0.137. The van der Waals surface area contributed by atoms with E-state index in [1.54, 1.807) is 0 Å². The quantitative estimate of drug-likeness (QED) is 0.772. The van der Waals surface area contributed by atoms with Crippen molar-refractivity contribution in [3.05, 3.63) is 28.2 Å². The first kappa shape index (κ1) is 16.6. The van der Waals surface area contributed by atoms with E-state index in [0.29, 0.717) is 17.0 Å². The molecule has 0 saturated heterocycles. The summed E-state index contributed by atoms with van der Waals surface area (Å²) in [5, 5.41) is 12.3. The van der Waals surface area contributed by atoms with Crippen LogP contribution in [0.1, 0.15) is 18.4 Å². The second-order valence-corrected chi connectivity index (χ2v) is 6.12. The van der Waals surface area contributed by atoms with E-state index < -0.39 is 17.8 Å². The molecule has 2 rings (SSSR count). The minimum absolute atomic E-state index is 0.00930. The Morgan fingerprint density at radius 3 is 2.71 bits per heavy atom. The first-order valence-electron chi connectivity index (χ1n) is 6.72. The van der Waals surface area contributed by atoms with E-state index in [9.17, 15) is 18.3 Å². The number of ether oxygens (including phenoxy) is 1. The summed E-state index contributed by atoms with van der Waals surface area (Å²) in [5.41, 5.74) is -0.810. The Morgan fingerprint density at radius 2 is 2.10 bits per heavy atom. The Labute approximate surface area is 129 Å². The van der Waals surface area contributed by atoms with Gasteiger partial charge in [-0.1, -0.05) is 15.9 Å². The van der Waals surface area contributed by atoms with Gasteiger partial charge in [0.2, 0.25) is 0 Å². The van der Waals surface area contributed by atoms with Gasteiger partial charge in [0, 0.05) is 23.3 Å². The Morgan fingerprint density at radius 1 is 1.38 bits per heavy atom. The predicted octanol–water partition coefficient (Wildman–Crippen LogP) is 3.67. The molecule has 1 atom stereocenters. The lowest BCUT2D eigenvalue weighted by Gasteiger charge is -2.17. The van der Waals surface area contributed by atoms with Gasteiger partial charge in [-0.2, -0.15) is 13.2 Å². The van der Waals surface area contributed by atoms with E-state index in [4.69, 9.17) is 4.74 Å². The van der Waals surface area contributed by atoms with Crippen LogP contribution in [0, 0.1) is 5.92 Å². The number of aliphatic hydroxyl groups is 1. The van der Waals surface area contributed by atoms with Gasteiger partial charge in [0.05, 0.1) is 18.3 Å². The standard InChI is InChI=1S/C14H17BrF3NO2/c15-10-3-4-13(12(5-10)14(16,17)18)19-6-11(20)8-21-7-9-1-2-9/h3-5,9,11,19-20H,1-2,6-8H2. The van der Waals surface area contributed by atoms with Gasteiger partial charge in [0.15, 0.2) is 0 Å². The molecular weight excluding hydrogens is 351 g/mol. The fourth-order valence-corrected chi connectivity index (χ4v) is 2.21. The van der Waals surface area contributed by atoms with Crippen molar-refractivity contribution in [1.82, 2.24) is 0 Å². The van der Waals surface area contributed by atoms with Crippen LogP contribution >= 0.6 is 15.9 Å². The number of nitrogens with one attached hydrogen (secondary N) is 1. The van der Waals surface area contributed by atoms with Crippen LogP contribution in [-0.4, -0.2) is 31.0 Å². The van der Waals surface area contributed by atoms with Crippen molar-refractivity contribution in [2.24, 2.45) is 5.92 Å². The van der Waals surface area contributed by atoms with E-state index in [-0.39, 0.29) is 18.8 Å². The number of alkyl halides is 3. The molecule has 21 heavy (non-hydrogen) atoms. The van der Waals surface area contributed by atoms with Crippen molar-refractivity contribution in [2.75, 3.05) is 25.1 Å². The molecule has 1 aliphatic carbocycles. The highest BCUT2D eigenvalue weighted by Gasteiger charge is 2.33. The first-order chi connectivity index (χ1) is 9.86. The summed E-state index contributed by atoms with van der Waals surface area (Å²) in [6.07, 6.45) is -2.97. The van der Waals surface area contributed by atoms with Crippen LogP contribution in [0.5, 0.6) is 0 Å². The van der Waals surface area contributed by atoms with Crippen molar-refractivity contribution in [2.45, 2.75) is 25.1 Å². The summed E-state index contributed by atoms with van der Waals surface area (Å²) in [5.74, 6) is 0.591. The zero-order valence-corrected chi connectivity index (χ0v) is 12.9. The van der Waals surface area contributed by atoms with Crippen LogP contribution in [-0.2, 0) is 10.9 Å². The summed E-state index contributed by atoms with van der Waals surface area (Å²) in [6.45, 7) is 0.750. The second-order valence-electron chi connectivity index (χ2n) is 5.20. The van der Waals surface area contributed by atoms with Crippen LogP contribution in [0.4, 0.5) is 18.9 Å². The highest BCUT2D eigenvalue weighted by Crippen LogP contribution is 2.36. The molecule has 0 aliphatic heterocycles. The normalized spacial score (nSPS) is 16.8. The number of anilines is 1. The first-order valence-corrected chi connectivity index (χ1v) is 7.52. The number of rotatable bonds is 7. The third kappa shape index (κ3) is 5.48. The average molecular weight is 368 g/mol.